The van der Waals surface area contributed by atoms with Crippen LogP contribution in [0.3, 0.4) is 0 Å². The van der Waals surface area contributed by atoms with Crippen LogP contribution in [0.1, 0.15) is 34.7 Å². The van der Waals surface area contributed by atoms with Crippen LogP contribution in [0.5, 0.6) is 0 Å². The Kier molecular flexibility index (Phi) is 6.54. The molecule has 0 atom stereocenters. The molecular weight excluding hydrogens is 358 g/mol. The molecule has 2 heterocycles. The highest BCUT2D eigenvalue weighted by molar-refractivity contribution is 5.92. The van der Waals surface area contributed by atoms with E-state index in [0.29, 0.717) is 36.8 Å². The molecule has 8 heteroatoms. The number of hydrogen-bond acceptors (Lipinski definition) is 7. The lowest BCUT2D eigenvalue weighted by Gasteiger charge is -2.33. The van der Waals surface area contributed by atoms with E-state index in [1.54, 1.807) is 43.3 Å². The van der Waals surface area contributed by atoms with Crippen molar-refractivity contribution in [1.29, 1.82) is 0 Å². The van der Waals surface area contributed by atoms with E-state index in [1.165, 1.54) is 0 Å². The van der Waals surface area contributed by atoms with Gasteiger partial charge in [-0.1, -0.05) is 6.92 Å². The Morgan fingerprint density at radius 2 is 1.71 bits per heavy atom. The maximum atomic E-state index is 12.6. The van der Waals surface area contributed by atoms with Gasteiger partial charge in [0.15, 0.2) is 11.5 Å². The van der Waals surface area contributed by atoms with Gasteiger partial charge in [-0.25, -0.2) is 4.79 Å². The number of aromatic nitrogens is 2. The first-order valence-corrected chi connectivity index (χ1v) is 9.50. The summed E-state index contributed by atoms with van der Waals surface area (Å²) in [5, 5.41) is 11.3. The third kappa shape index (κ3) is 4.83. The Labute approximate surface area is 164 Å². The molecule has 0 bridgehead atoms. The average Bonchev–Trinajstić information content (AvgIpc) is 2.74. The van der Waals surface area contributed by atoms with E-state index in [4.69, 9.17) is 4.74 Å². The maximum Gasteiger partial charge on any atom is 0.338 e. The maximum absolute atomic E-state index is 12.6. The molecule has 148 valence electrons. The van der Waals surface area contributed by atoms with Crippen molar-refractivity contribution in [1.82, 2.24) is 20.0 Å². The molecule has 1 aliphatic rings. The van der Waals surface area contributed by atoms with Crippen molar-refractivity contribution in [3.8, 4) is 0 Å². The Bertz CT molecular complexity index is 800. The number of benzene rings is 1. The lowest BCUT2D eigenvalue weighted by molar-refractivity contribution is 0.0526. The van der Waals surface area contributed by atoms with Gasteiger partial charge in [0.25, 0.3) is 5.91 Å². The zero-order valence-electron chi connectivity index (χ0n) is 16.2. The number of anilines is 2. The summed E-state index contributed by atoms with van der Waals surface area (Å²) in [7, 11) is 0. The number of nitrogens with zero attached hydrogens (tertiary/aromatic N) is 4. The molecule has 1 fully saturated rings. The minimum absolute atomic E-state index is 0.0893. The van der Waals surface area contributed by atoms with Gasteiger partial charge >= 0.3 is 5.97 Å². The van der Waals surface area contributed by atoms with Gasteiger partial charge < -0.3 is 19.9 Å². The van der Waals surface area contributed by atoms with Gasteiger partial charge in [0.2, 0.25) is 0 Å². The monoisotopic (exact) mass is 383 g/mol. The zero-order chi connectivity index (χ0) is 19.9. The second-order valence-corrected chi connectivity index (χ2v) is 6.45. The largest absolute Gasteiger partial charge is 0.462 e. The summed E-state index contributed by atoms with van der Waals surface area (Å²) in [5.41, 5.74) is 1.59. The van der Waals surface area contributed by atoms with Crippen LogP contribution >= 0.6 is 0 Å². The molecule has 1 aliphatic heterocycles. The molecule has 0 spiro atoms. The lowest BCUT2D eigenvalue weighted by atomic mass is 10.2. The first-order chi connectivity index (χ1) is 13.6. The first kappa shape index (κ1) is 19.8. The number of piperazine rings is 1. The van der Waals surface area contributed by atoms with E-state index in [2.05, 4.69) is 27.3 Å². The van der Waals surface area contributed by atoms with Crippen molar-refractivity contribution in [3.05, 3.63) is 47.7 Å². The molecule has 0 aliphatic carbocycles. The van der Waals surface area contributed by atoms with Crippen LogP contribution in [-0.2, 0) is 4.74 Å². The van der Waals surface area contributed by atoms with Gasteiger partial charge in [0.05, 0.1) is 12.2 Å². The van der Waals surface area contributed by atoms with Crippen LogP contribution in [0.4, 0.5) is 11.5 Å². The molecule has 1 aromatic heterocycles. The van der Waals surface area contributed by atoms with Gasteiger partial charge in [0, 0.05) is 31.9 Å². The van der Waals surface area contributed by atoms with E-state index in [9.17, 15) is 9.59 Å². The molecule has 1 N–H and O–H groups in total. The van der Waals surface area contributed by atoms with Crippen LogP contribution in [0.25, 0.3) is 0 Å². The number of hydrogen-bond donors (Lipinski definition) is 1. The summed E-state index contributed by atoms with van der Waals surface area (Å²) in [6, 6.07) is 10.3. The fourth-order valence-electron chi connectivity index (χ4n) is 2.99. The van der Waals surface area contributed by atoms with Crippen LogP contribution in [0, 0.1) is 0 Å². The number of carbonyl (C=O) groups excluding carboxylic acids is 2. The lowest BCUT2D eigenvalue weighted by Crippen LogP contribution is -2.48. The van der Waals surface area contributed by atoms with Crippen LogP contribution in [0.2, 0.25) is 0 Å². The third-order valence-corrected chi connectivity index (χ3v) is 4.66. The number of amides is 1. The van der Waals surface area contributed by atoms with Crippen molar-refractivity contribution < 1.29 is 14.3 Å². The normalized spacial score (nSPS) is 14.6. The number of nitrogens with one attached hydrogen (secondary N) is 1. The van der Waals surface area contributed by atoms with Crippen molar-refractivity contribution >= 4 is 23.4 Å². The van der Waals surface area contributed by atoms with Crippen LogP contribution in [-0.4, -0.2) is 71.2 Å². The van der Waals surface area contributed by atoms with Gasteiger partial charge in [-0.15, -0.1) is 10.2 Å². The highest BCUT2D eigenvalue weighted by atomic mass is 16.5. The zero-order valence-corrected chi connectivity index (χ0v) is 16.2. The Morgan fingerprint density at radius 3 is 2.29 bits per heavy atom. The van der Waals surface area contributed by atoms with E-state index >= 15 is 0 Å². The first-order valence-electron chi connectivity index (χ1n) is 9.50. The number of carbonyl (C=O) groups is 2. The summed E-state index contributed by atoms with van der Waals surface area (Å²) in [6.07, 6.45) is 0. The smallest absolute Gasteiger partial charge is 0.338 e. The number of likely N-dealkylation sites (N-methyl/N-ethyl adjacent to an activating group) is 1. The molecule has 0 unspecified atom stereocenters. The van der Waals surface area contributed by atoms with Crippen molar-refractivity contribution in [2.24, 2.45) is 0 Å². The topological polar surface area (TPSA) is 87.7 Å². The standard InChI is InChI=1S/C20H25N5O3/c1-3-24-11-13-25(14-12-24)19(26)17-9-10-18(23-22-17)21-16-7-5-15(6-8-16)20(27)28-4-2/h5-10H,3-4,11-14H2,1-2H3,(H,21,23). The highest BCUT2D eigenvalue weighted by Crippen LogP contribution is 2.16. The Morgan fingerprint density at radius 1 is 1.00 bits per heavy atom. The SMILES string of the molecule is CCOC(=O)c1ccc(Nc2ccc(C(=O)N3CCN(CC)CC3)nn2)cc1. The molecular formula is C20H25N5O3. The molecule has 0 radical (unpaired) electrons. The van der Waals surface area contributed by atoms with E-state index in [1.807, 2.05) is 4.90 Å². The molecule has 2 aromatic rings. The van der Waals surface area contributed by atoms with Crippen molar-refractivity contribution in [3.63, 3.8) is 0 Å². The quantitative estimate of drug-likeness (QED) is 0.765. The second kappa shape index (κ2) is 9.27. The molecule has 1 aromatic carbocycles. The fourth-order valence-corrected chi connectivity index (χ4v) is 2.99. The van der Waals surface area contributed by atoms with E-state index in [0.717, 1.165) is 25.3 Å². The minimum atomic E-state index is -0.350. The van der Waals surface area contributed by atoms with E-state index < -0.39 is 0 Å². The Hall–Kier alpha value is -3.00. The highest BCUT2D eigenvalue weighted by Gasteiger charge is 2.22. The number of ether oxygens (including phenoxy) is 1. The van der Waals surface area contributed by atoms with Crippen molar-refractivity contribution in [2.45, 2.75) is 13.8 Å². The van der Waals surface area contributed by atoms with Crippen LogP contribution < -0.4 is 5.32 Å². The van der Waals surface area contributed by atoms with Gasteiger partial charge in [0.1, 0.15) is 0 Å². The predicted octanol–water partition coefficient (Wildman–Crippen LogP) is 2.17. The minimum Gasteiger partial charge on any atom is -0.462 e. The molecule has 28 heavy (non-hydrogen) atoms. The molecule has 3 rings (SSSR count). The third-order valence-electron chi connectivity index (χ3n) is 4.66. The van der Waals surface area contributed by atoms with Gasteiger partial charge in [-0.05, 0) is 49.9 Å². The average molecular weight is 383 g/mol. The summed E-state index contributed by atoms with van der Waals surface area (Å²) < 4.78 is 4.96. The van der Waals surface area contributed by atoms with Crippen LogP contribution in [0.15, 0.2) is 36.4 Å². The molecule has 8 nitrogen and oxygen atoms in total. The number of esters is 1. The van der Waals surface area contributed by atoms with Gasteiger partial charge in [-0.2, -0.15) is 0 Å². The molecule has 1 saturated heterocycles. The summed E-state index contributed by atoms with van der Waals surface area (Å²) in [6.45, 7) is 8.43. The number of rotatable bonds is 6. The second-order valence-electron chi connectivity index (χ2n) is 6.45. The van der Waals surface area contributed by atoms with E-state index in [-0.39, 0.29) is 11.9 Å². The van der Waals surface area contributed by atoms with Crippen molar-refractivity contribution in [2.75, 3.05) is 44.6 Å². The fraction of sp³-hybridized carbons (Fsp3) is 0.400. The summed E-state index contributed by atoms with van der Waals surface area (Å²) >= 11 is 0. The molecule has 1 amide bonds. The Balaban J connectivity index is 1.58. The molecule has 0 saturated carbocycles. The summed E-state index contributed by atoms with van der Waals surface area (Å²) in [5.74, 6) is 0.0845. The van der Waals surface area contributed by atoms with Gasteiger partial charge in [-0.3, -0.25) is 4.79 Å². The predicted molar refractivity (Wildman–Crippen MR) is 106 cm³/mol. The summed E-state index contributed by atoms with van der Waals surface area (Å²) in [4.78, 5) is 28.4.